The average molecular weight is 290 g/mol. The normalized spacial score (nSPS) is 19.0. The molecule has 1 heterocycles. The van der Waals surface area contributed by atoms with Crippen LogP contribution in [-0.4, -0.2) is 54.2 Å². The van der Waals surface area contributed by atoms with E-state index in [1.165, 1.54) is 6.54 Å². The van der Waals surface area contributed by atoms with Gasteiger partial charge in [-0.1, -0.05) is 44.2 Å². The quantitative estimate of drug-likeness (QED) is 0.836. The summed E-state index contributed by atoms with van der Waals surface area (Å²) in [5.74, 6) is 0.414. The lowest BCUT2D eigenvalue weighted by Gasteiger charge is -2.35. The zero-order valence-electron chi connectivity index (χ0n) is 13.5. The van der Waals surface area contributed by atoms with Gasteiger partial charge in [-0.25, -0.2) is 0 Å². The maximum absolute atomic E-state index is 10.5. The van der Waals surface area contributed by atoms with Crippen LogP contribution in [0.5, 0.6) is 0 Å². The molecule has 0 amide bonds. The van der Waals surface area contributed by atoms with E-state index < -0.39 is 0 Å². The van der Waals surface area contributed by atoms with Crippen LogP contribution in [0.2, 0.25) is 0 Å². The van der Waals surface area contributed by atoms with Gasteiger partial charge in [0.15, 0.2) is 0 Å². The molecule has 1 fully saturated rings. The van der Waals surface area contributed by atoms with Crippen LogP contribution in [0, 0.1) is 5.92 Å². The van der Waals surface area contributed by atoms with Gasteiger partial charge in [0.2, 0.25) is 0 Å². The van der Waals surface area contributed by atoms with E-state index in [-0.39, 0.29) is 6.10 Å². The molecule has 3 heteroatoms. The van der Waals surface area contributed by atoms with Crippen molar-refractivity contribution in [1.82, 2.24) is 9.80 Å². The van der Waals surface area contributed by atoms with Crippen LogP contribution in [0.15, 0.2) is 30.3 Å². The third kappa shape index (κ3) is 4.80. The van der Waals surface area contributed by atoms with Crippen molar-refractivity contribution in [3.63, 3.8) is 0 Å². The smallest absolute Gasteiger partial charge is 0.0819 e. The zero-order valence-corrected chi connectivity index (χ0v) is 13.5. The molecule has 0 aromatic heterocycles. The highest BCUT2D eigenvalue weighted by atomic mass is 16.3. The molecular weight excluding hydrogens is 260 g/mol. The number of hydrogen-bond acceptors (Lipinski definition) is 3. The molecule has 1 aromatic rings. The van der Waals surface area contributed by atoms with Gasteiger partial charge in [0.05, 0.1) is 6.10 Å². The number of likely N-dealkylation sites (N-methyl/N-ethyl adjacent to an activating group) is 1. The van der Waals surface area contributed by atoms with Crippen molar-refractivity contribution >= 4 is 0 Å². The van der Waals surface area contributed by atoms with E-state index in [0.29, 0.717) is 5.92 Å². The zero-order chi connectivity index (χ0) is 15.1. The number of likely N-dealkylation sites (tertiary alicyclic amines) is 1. The van der Waals surface area contributed by atoms with Gasteiger partial charge in [0.25, 0.3) is 0 Å². The van der Waals surface area contributed by atoms with Crippen LogP contribution in [0.25, 0.3) is 0 Å². The Balaban J connectivity index is 1.75. The number of piperidine rings is 1. The summed E-state index contributed by atoms with van der Waals surface area (Å²) < 4.78 is 0. The number of aliphatic hydroxyl groups is 1. The Morgan fingerprint density at radius 3 is 2.33 bits per heavy atom. The lowest BCUT2D eigenvalue weighted by atomic mass is 9.87. The fourth-order valence-corrected chi connectivity index (χ4v) is 3.24. The largest absolute Gasteiger partial charge is 0.388 e. The lowest BCUT2D eigenvalue weighted by Crippen LogP contribution is -2.40. The SMILES string of the molecule is CCN(CC)CCN1CCC(C(O)c2ccccc2)CC1. The highest BCUT2D eigenvalue weighted by Gasteiger charge is 2.26. The molecular formula is C18H30N2O. The van der Waals surface area contributed by atoms with Crippen LogP contribution in [0.1, 0.15) is 38.4 Å². The molecule has 21 heavy (non-hydrogen) atoms. The molecule has 1 saturated heterocycles. The van der Waals surface area contributed by atoms with Gasteiger partial charge in [-0.2, -0.15) is 0 Å². The molecule has 2 rings (SSSR count). The predicted molar refractivity (Wildman–Crippen MR) is 88.4 cm³/mol. The molecule has 1 aliphatic rings. The first-order chi connectivity index (χ1) is 10.2. The van der Waals surface area contributed by atoms with Crippen molar-refractivity contribution in [2.24, 2.45) is 5.92 Å². The number of aliphatic hydroxyl groups excluding tert-OH is 1. The standard InChI is InChI=1S/C18H30N2O/c1-3-19(4-2)14-15-20-12-10-17(11-13-20)18(21)16-8-6-5-7-9-16/h5-9,17-18,21H,3-4,10-15H2,1-2H3. The second kappa shape index (κ2) is 8.52. The van der Waals surface area contributed by atoms with Gasteiger partial charge < -0.3 is 14.9 Å². The van der Waals surface area contributed by atoms with E-state index >= 15 is 0 Å². The average Bonchev–Trinajstić information content (AvgIpc) is 2.56. The molecule has 1 aliphatic heterocycles. The predicted octanol–water partition coefficient (Wildman–Crippen LogP) is 2.77. The number of rotatable bonds is 7. The first kappa shape index (κ1) is 16.5. The third-order valence-corrected chi connectivity index (χ3v) is 4.85. The molecule has 1 N–H and O–H groups in total. The van der Waals surface area contributed by atoms with E-state index in [1.807, 2.05) is 30.3 Å². The topological polar surface area (TPSA) is 26.7 Å². The van der Waals surface area contributed by atoms with Gasteiger partial charge in [-0.05, 0) is 50.5 Å². The Labute approximate surface area is 129 Å². The summed E-state index contributed by atoms with van der Waals surface area (Å²) in [4.78, 5) is 5.03. The maximum Gasteiger partial charge on any atom is 0.0819 e. The first-order valence-corrected chi connectivity index (χ1v) is 8.42. The molecule has 3 nitrogen and oxygen atoms in total. The van der Waals surface area contributed by atoms with Gasteiger partial charge in [0.1, 0.15) is 0 Å². The van der Waals surface area contributed by atoms with Crippen LogP contribution >= 0.6 is 0 Å². The summed E-state index contributed by atoms with van der Waals surface area (Å²) in [5.41, 5.74) is 1.07. The fraction of sp³-hybridized carbons (Fsp3) is 0.667. The van der Waals surface area contributed by atoms with Crippen molar-refractivity contribution in [3.8, 4) is 0 Å². The highest BCUT2D eigenvalue weighted by Crippen LogP contribution is 2.30. The summed E-state index contributed by atoms with van der Waals surface area (Å²) in [6, 6.07) is 10.1. The van der Waals surface area contributed by atoms with Gasteiger partial charge >= 0.3 is 0 Å². The molecule has 1 aromatic carbocycles. The van der Waals surface area contributed by atoms with Crippen molar-refractivity contribution in [1.29, 1.82) is 0 Å². The summed E-state index contributed by atoms with van der Waals surface area (Å²) in [5, 5.41) is 10.5. The van der Waals surface area contributed by atoms with E-state index in [2.05, 4.69) is 23.6 Å². The van der Waals surface area contributed by atoms with Crippen LogP contribution in [-0.2, 0) is 0 Å². The second-order valence-corrected chi connectivity index (χ2v) is 6.06. The number of hydrogen-bond donors (Lipinski definition) is 1. The molecule has 0 bridgehead atoms. The minimum atomic E-state index is -0.295. The van der Waals surface area contributed by atoms with Crippen molar-refractivity contribution in [2.75, 3.05) is 39.3 Å². The molecule has 1 unspecified atom stereocenters. The Hall–Kier alpha value is -0.900. The van der Waals surface area contributed by atoms with Crippen LogP contribution in [0.3, 0.4) is 0 Å². The molecule has 1 atom stereocenters. The summed E-state index contributed by atoms with van der Waals surface area (Å²) >= 11 is 0. The van der Waals surface area contributed by atoms with E-state index in [4.69, 9.17) is 0 Å². The van der Waals surface area contributed by atoms with Crippen molar-refractivity contribution in [2.45, 2.75) is 32.8 Å². The van der Waals surface area contributed by atoms with Gasteiger partial charge in [-0.15, -0.1) is 0 Å². The monoisotopic (exact) mass is 290 g/mol. The van der Waals surface area contributed by atoms with Crippen LogP contribution in [0.4, 0.5) is 0 Å². The number of nitrogens with zero attached hydrogens (tertiary/aromatic N) is 2. The first-order valence-electron chi connectivity index (χ1n) is 8.42. The second-order valence-electron chi connectivity index (χ2n) is 6.06. The van der Waals surface area contributed by atoms with Gasteiger partial charge in [-0.3, -0.25) is 0 Å². The Kier molecular flexibility index (Phi) is 6.68. The highest BCUT2D eigenvalue weighted by molar-refractivity contribution is 5.18. The van der Waals surface area contributed by atoms with Crippen molar-refractivity contribution in [3.05, 3.63) is 35.9 Å². The van der Waals surface area contributed by atoms with E-state index in [9.17, 15) is 5.11 Å². The molecule has 0 aliphatic carbocycles. The fourth-order valence-electron chi connectivity index (χ4n) is 3.24. The molecule has 0 radical (unpaired) electrons. The summed E-state index contributed by atoms with van der Waals surface area (Å²) in [6.45, 7) is 11.3. The maximum atomic E-state index is 10.5. The van der Waals surface area contributed by atoms with Crippen molar-refractivity contribution < 1.29 is 5.11 Å². The van der Waals surface area contributed by atoms with Crippen LogP contribution < -0.4 is 0 Å². The summed E-state index contributed by atoms with van der Waals surface area (Å²) in [7, 11) is 0. The molecule has 0 spiro atoms. The Morgan fingerprint density at radius 2 is 1.76 bits per heavy atom. The number of benzene rings is 1. The van der Waals surface area contributed by atoms with E-state index in [0.717, 1.165) is 51.1 Å². The Morgan fingerprint density at radius 1 is 1.14 bits per heavy atom. The lowest BCUT2D eigenvalue weighted by molar-refractivity contribution is 0.0561. The Bertz CT molecular complexity index is 383. The minimum Gasteiger partial charge on any atom is -0.388 e. The summed E-state index contributed by atoms with van der Waals surface area (Å²) in [6.07, 6.45) is 1.92. The molecule has 0 saturated carbocycles. The molecule has 118 valence electrons. The minimum absolute atomic E-state index is 0.295. The third-order valence-electron chi connectivity index (χ3n) is 4.85. The van der Waals surface area contributed by atoms with E-state index in [1.54, 1.807) is 0 Å². The van der Waals surface area contributed by atoms with Gasteiger partial charge in [0, 0.05) is 13.1 Å².